The summed E-state index contributed by atoms with van der Waals surface area (Å²) in [6.45, 7) is 0.0490. The van der Waals surface area contributed by atoms with E-state index >= 15 is 0 Å². The first-order chi connectivity index (χ1) is 6.40. The van der Waals surface area contributed by atoms with E-state index in [0.29, 0.717) is 6.61 Å². The maximum absolute atomic E-state index is 5.45. The van der Waals surface area contributed by atoms with E-state index in [9.17, 15) is 0 Å². The lowest BCUT2D eigenvalue weighted by Crippen LogP contribution is -2.09. The van der Waals surface area contributed by atoms with Crippen molar-refractivity contribution in [2.24, 2.45) is 0 Å². The van der Waals surface area contributed by atoms with Crippen molar-refractivity contribution in [1.29, 1.82) is 0 Å². The Morgan fingerprint density at radius 3 is 2.69 bits per heavy atom. The molecule has 1 aliphatic rings. The van der Waals surface area contributed by atoms with Crippen LogP contribution < -0.4 is 0 Å². The molecule has 1 saturated heterocycles. The Kier molecular flexibility index (Phi) is 2.59. The third-order valence-electron chi connectivity index (χ3n) is 2.02. The van der Waals surface area contributed by atoms with Gasteiger partial charge in [-0.05, 0) is 5.56 Å². The highest BCUT2D eigenvalue weighted by atomic mass is 16.9. The number of methoxy groups -OCH3 is 1. The summed E-state index contributed by atoms with van der Waals surface area (Å²) in [5, 5.41) is 0. The van der Waals surface area contributed by atoms with E-state index in [2.05, 4.69) is 0 Å². The summed E-state index contributed by atoms with van der Waals surface area (Å²) in [6.07, 6.45) is 0.00569. The van der Waals surface area contributed by atoms with Crippen molar-refractivity contribution in [2.45, 2.75) is 12.6 Å². The molecule has 0 bridgehead atoms. The van der Waals surface area contributed by atoms with Crippen LogP contribution in [0.4, 0.5) is 0 Å². The Balaban J connectivity index is 2.04. The zero-order chi connectivity index (χ0) is 9.10. The van der Waals surface area contributed by atoms with E-state index in [1.54, 1.807) is 7.11 Å². The van der Waals surface area contributed by atoms with E-state index < -0.39 is 6.48 Å². The van der Waals surface area contributed by atoms with Crippen LogP contribution in [0.25, 0.3) is 0 Å². The third kappa shape index (κ3) is 1.88. The van der Waals surface area contributed by atoms with Crippen molar-refractivity contribution < 1.29 is 14.2 Å². The van der Waals surface area contributed by atoms with E-state index in [0.717, 1.165) is 5.56 Å². The molecule has 0 N–H and O–H groups in total. The number of hydrogen-bond acceptors (Lipinski definition) is 3. The topological polar surface area (TPSA) is 27.7 Å². The Bertz CT molecular complexity index is 260. The van der Waals surface area contributed by atoms with Gasteiger partial charge < -0.3 is 14.2 Å². The van der Waals surface area contributed by atoms with Gasteiger partial charge in [0.15, 0.2) is 0 Å². The Morgan fingerprint density at radius 1 is 1.31 bits per heavy atom. The molecule has 0 radical (unpaired) electrons. The summed E-state index contributed by atoms with van der Waals surface area (Å²) in [4.78, 5) is 0. The maximum Gasteiger partial charge on any atom is 0.272 e. The van der Waals surface area contributed by atoms with Crippen LogP contribution in [-0.4, -0.2) is 20.2 Å². The van der Waals surface area contributed by atoms with Gasteiger partial charge in [-0.3, -0.25) is 0 Å². The molecule has 3 heteroatoms. The smallest absolute Gasteiger partial charge is 0.272 e. The molecule has 0 aromatic heterocycles. The van der Waals surface area contributed by atoms with Crippen molar-refractivity contribution >= 4 is 0 Å². The molecule has 2 rings (SSSR count). The molecule has 1 aliphatic heterocycles. The van der Waals surface area contributed by atoms with Crippen LogP contribution >= 0.6 is 0 Å². The van der Waals surface area contributed by atoms with Gasteiger partial charge in [0.25, 0.3) is 6.48 Å². The molecule has 13 heavy (non-hydrogen) atoms. The molecule has 0 amide bonds. The second-order valence-electron chi connectivity index (χ2n) is 2.89. The molecule has 0 spiro atoms. The van der Waals surface area contributed by atoms with Gasteiger partial charge in [0.1, 0.15) is 6.10 Å². The normalized spacial score (nSPS) is 27.8. The van der Waals surface area contributed by atoms with Crippen LogP contribution in [0.3, 0.4) is 0 Å². The molecular weight excluding hydrogens is 168 g/mol. The highest BCUT2D eigenvalue weighted by Gasteiger charge is 2.26. The minimum atomic E-state index is -0.509. The van der Waals surface area contributed by atoms with E-state index in [-0.39, 0.29) is 6.10 Å². The first-order valence-electron chi connectivity index (χ1n) is 4.25. The van der Waals surface area contributed by atoms with Crippen LogP contribution in [-0.2, 0) is 14.2 Å². The SMILES string of the molecule is COC1OCC(c2ccccc2)O1. The molecule has 3 nitrogen and oxygen atoms in total. The van der Waals surface area contributed by atoms with Gasteiger partial charge in [-0.15, -0.1) is 0 Å². The summed E-state index contributed by atoms with van der Waals surface area (Å²) >= 11 is 0. The molecular formula is C10H12O3. The zero-order valence-corrected chi connectivity index (χ0v) is 7.47. The lowest BCUT2D eigenvalue weighted by atomic mass is 10.1. The van der Waals surface area contributed by atoms with Crippen LogP contribution in [0, 0.1) is 0 Å². The van der Waals surface area contributed by atoms with Gasteiger partial charge in [0.05, 0.1) is 6.61 Å². The van der Waals surface area contributed by atoms with Crippen LogP contribution in [0.5, 0.6) is 0 Å². The number of hydrogen-bond donors (Lipinski definition) is 0. The Labute approximate surface area is 77.2 Å². The highest BCUT2D eigenvalue weighted by molar-refractivity contribution is 5.17. The number of rotatable bonds is 2. The standard InChI is InChI=1S/C10H12O3/c1-11-10-12-7-9(13-10)8-5-3-2-4-6-8/h2-6,9-10H,7H2,1H3. The fourth-order valence-corrected chi connectivity index (χ4v) is 1.34. The second kappa shape index (κ2) is 3.87. The highest BCUT2D eigenvalue weighted by Crippen LogP contribution is 2.25. The fourth-order valence-electron chi connectivity index (χ4n) is 1.34. The largest absolute Gasteiger partial charge is 0.333 e. The molecule has 1 heterocycles. The molecule has 0 aliphatic carbocycles. The lowest BCUT2D eigenvalue weighted by Gasteiger charge is -2.09. The Morgan fingerprint density at radius 2 is 2.08 bits per heavy atom. The van der Waals surface area contributed by atoms with E-state index in [1.807, 2.05) is 30.3 Å². The van der Waals surface area contributed by atoms with Gasteiger partial charge in [-0.25, -0.2) is 0 Å². The van der Waals surface area contributed by atoms with Crippen molar-refractivity contribution in [3.63, 3.8) is 0 Å². The van der Waals surface area contributed by atoms with E-state index in [4.69, 9.17) is 14.2 Å². The summed E-state index contributed by atoms with van der Waals surface area (Å²) in [5.41, 5.74) is 1.13. The molecule has 70 valence electrons. The molecule has 1 aromatic rings. The van der Waals surface area contributed by atoms with Crippen molar-refractivity contribution in [2.75, 3.05) is 13.7 Å². The van der Waals surface area contributed by atoms with Crippen molar-refractivity contribution in [1.82, 2.24) is 0 Å². The molecule has 0 saturated carbocycles. The predicted molar refractivity (Wildman–Crippen MR) is 47.0 cm³/mol. The van der Waals surface area contributed by atoms with Crippen molar-refractivity contribution in [3.8, 4) is 0 Å². The molecule has 1 aromatic carbocycles. The minimum absolute atomic E-state index is 0.00569. The van der Waals surface area contributed by atoms with Gasteiger partial charge in [-0.1, -0.05) is 30.3 Å². The summed E-state index contributed by atoms with van der Waals surface area (Å²) in [7, 11) is 1.57. The van der Waals surface area contributed by atoms with Crippen LogP contribution in [0.15, 0.2) is 30.3 Å². The summed E-state index contributed by atoms with van der Waals surface area (Å²) < 4.78 is 15.6. The summed E-state index contributed by atoms with van der Waals surface area (Å²) in [6, 6.07) is 9.99. The van der Waals surface area contributed by atoms with Gasteiger partial charge in [0.2, 0.25) is 0 Å². The Hall–Kier alpha value is -0.900. The van der Waals surface area contributed by atoms with Gasteiger partial charge in [0, 0.05) is 7.11 Å². The zero-order valence-electron chi connectivity index (χ0n) is 7.47. The lowest BCUT2D eigenvalue weighted by molar-refractivity contribution is -0.223. The van der Waals surface area contributed by atoms with Gasteiger partial charge in [-0.2, -0.15) is 0 Å². The number of benzene rings is 1. The third-order valence-corrected chi connectivity index (χ3v) is 2.02. The van der Waals surface area contributed by atoms with Crippen LogP contribution in [0.1, 0.15) is 11.7 Å². The monoisotopic (exact) mass is 180 g/mol. The molecule has 2 atom stereocenters. The van der Waals surface area contributed by atoms with Gasteiger partial charge >= 0.3 is 0 Å². The first kappa shape index (κ1) is 8.69. The minimum Gasteiger partial charge on any atom is -0.333 e. The number of ether oxygens (including phenoxy) is 3. The average Bonchev–Trinajstić information content (AvgIpc) is 2.67. The average molecular weight is 180 g/mol. The predicted octanol–water partition coefficient (Wildman–Crippen LogP) is 1.70. The summed E-state index contributed by atoms with van der Waals surface area (Å²) in [5.74, 6) is 0. The van der Waals surface area contributed by atoms with Crippen LogP contribution in [0.2, 0.25) is 0 Å². The van der Waals surface area contributed by atoms with E-state index in [1.165, 1.54) is 0 Å². The quantitative estimate of drug-likeness (QED) is 0.693. The fraction of sp³-hybridized carbons (Fsp3) is 0.400. The first-order valence-corrected chi connectivity index (χ1v) is 4.25. The van der Waals surface area contributed by atoms with Crippen molar-refractivity contribution in [3.05, 3.63) is 35.9 Å². The molecule has 2 unspecified atom stereocenters. The second-order valence-corrected chi connectivity index (χ2v) is 2.89. The maximum atomic E-state index is 5.45. The molecule has 1 fully saturated rings.